The van der Waals surface area contributed by atoms with Gasteiger partial charge in [-0.3, -0.25) is 4.79 Å². The second-order valence-corrected chi connectivity index (χ2v) is 8.45. The molecule has 0 unspecified atom stereocenters. The Balaban J connectivity index is 1.86. The van der Waals surface area contributed by atoms with E-state index in [1.165, 1.54) is 23.3 Å². The highest BCUT2D eigenvalue weighted by Gasteiger charge is 2.27. The van der Waals surface area contributed by atoms with Gasteiger partial charge in [-0.05, 0) is 30.4 Å². The summed E-state index contributed by atoms with van der Waals surface area (Å²) >= 11 is 1.78. The highest BCUT2D eigenvalue weighted by atomic mass is 32.2. The van der Waals surface area contributed by atoms with Crippen LogP contribution in [0.15, 0.2) is 76.7 Å². The molecule has 1 aromatic carbocycles. The lowest BCUT2D eigenvalue weighted by Gasteiger charge is -2.30. The van der Waals surface area contributed by atoms with Crippen LogP contribution < -0.4 is 0 Å². The van der Waals surface area contributed by atoms with Gasteiger partial charge in [0.15, 0.2) is 0 Å². The van der Waals surface area contributed by atoms with Crippen molar-refractivity contribution in [2.75, 3.05) is 18.8 Å². The summed E-state index contributed by atoms with van der Waals surface area (Å²) in [6.45, 7) is 11.3. The molecule has 2 heterocycles. The Kier molecular flexibility index (Phi) is 7.70. The summed E-state index contributed by atoms with van der Waals surface area (Å²) in [5.74, 6) is 0.690. The molecular formula is C25H30N2OS. The fourth-order valence-electron chi connectivity index (χ4n) is 3.70. The number of carbonyl (C=O) groups excluding carboxylic acids is 1. The molecule has 0 aliphatic carbocycles. The van der Waals surface area contributed by atoms with Crippen LogP contribution in [0, 0.1) is 0 Å². The van der Waals surface area contributed by atoms with Gasteiger partial charge in [-0.25, -0.2) is 4.99 Å². The van der Waals surface area contributed by atoms with Crippen LogP contribution in [0.4, 0.5) is 0 Å². The Hall–Kier alpha value is -2.33. The lowest BCUT2D eigenvalue weighted by Crippen LogP contribution is -2.42. The van der Waals surface area contributed by atoms with Crippen molar-refractivity contribution in [3.8, 4) is 0 Å². The first kappa shape index (κ1) is 21.4. The van der Waals surface area contributed by atoms with Crippen molar-refractivity contribution >= 4 is 29.1 Å². The smallest absolute Gasteiger partial charge is 0.269 e. The molecule has 0 fully saturated rings. The van der Waals surface area contributed by atoms with Crippen molar-refractivity contribution < 1.29 is 4.79 Å². The van der Waals surface area contributed by atoms with Gasteiger partial charge in [0.2, 0.25) is 0 Å². The summed E-state index contributed by atoms with van der Waals surface area (Å²) in [7, 11) is 0. The zero-order valence-corrected chi connectivity index (χ0v) is 18.1. The summed E-state index contributed by atoms with van der Waals surface area (Å²) in [5.41, 5.74) is 4.99. The quantitative estimate of drug-likeness (QED) is 0.494. The van der Waals surface area contributed by atoms with Crippen LogP contribution in [0.2, 0.25) is 0 Å². The molecule has 0 radical (unpaired) electrons. The van der Waals surface area contributed by atoms with Crippen molar-refractivity contribution in [3.05, 3.63) is 77.3 Å². The standard InChI is InChI=1S/C25H30N2OS/c1-4-7-9-14-23-24(21-12-10-8-11-13-21)26-22(18-29-23)25(28)27-16-15-19(5-2)20(6-3)17-27/h5-6,8,10-13H,2-4,7,9,14-18H2,1H3. The molecule has 3 nitrogen and oxygen atoms in total. The maximum absolute atomic E-state index is 13.2. The van der Waals surface area contributed by atoms with Crippen molar-refractivity contribution in [1.29, 1.82) is 0 Å². The average Bonchev–Trinajstić information content (AvgIpc) is 2.79. The zero-order valence-electron chi connectivity index (χ0n) is 17.3. The van der Waals surface area contributed by atoms with Gasteiger partial charge in [0, 0.05) is 29.3 Å². The third-order valence-electron chi connectivity index (χ3n) is 5.40. The fourth-order valence-corrected chi connectivity index (χ4v) is 4.79. The normalized spacial score (nSPS) is 17.3. The Bertz CT molecular complexity index is 864. The Labute approximate surface area is 179 Å². The van der Waals surface area contributed by atoms with Gasteiger partial charge in [0.1, 0.15) is 5.71 Å². The number of nitrogens with zero attached hydrogens (tertiary/aromatic N) is 2. The first-order chi connectivity index (χ1) is 14.2. The molecular weight excluding hydrogens is 376 g/mol. The molecule has 2 aliphatic rings. The maximum atomic E-state index is 13.2. The SMILES string of the molecule is C=CC1=C(C=C)CN(C(=O)C2=NC(c3ccccc3)=C(CCCCC)SC2)CC1. The van der Waals surface area contributed by atoms with E-state index in [4.69, 9.17) is 4.99 Å². The van der Waals surface area contributed by atoms with Crippen LogP contribution >= 0.6 is 11.8 Å². The van der Waals surface area contributed by atoms with Crippen LogP contribution in [0.1, 0.15) is 44.6 Å². The molecule has 0 aromatic heterocycles. The molecule has 1 aromatic rings. The number of rotatable bonds is 8. The van der Waals surface area contributed by atoms with Crippen molar-refractivity contribution in [2.24, 2.45) is 4.99 Å². The summed E-state index contributed by atoms with van der Waals surface area (Å²) in [6.07, 6.45) is 9.16. The van der Waals surface area contributed by atoms with Crippen LogP contribution in [-0.4, -0.2) is 35.4 Å². The lowest BCUT2D eigenvalue weighted by molar-refractivity contribution is -0.123. The largest absolute Gasteiger partial charge is 0.333 e. The number of thioether (sulfide) groups is 1. The number of hydrogen-bond donors (Lipinski definition) is 0. The first-order valence-corrected chi connectivity index (χ1v) is 11.4. The lowest BCUT2D eigenvalue weighted by atomic mass is 9.99. The van der Waals surface area contributed by atoms with Crippen molar-refractivity contribution in [1.82, 2.24) is 4.90 Å². The fraction of sp³-hybridized carbons (Fsp3) is 0.360. The van der Waals surface area contributed by atoms with E-state index in [1.54, 1.807) is 11.8 Å². The molecule has 29 heavy (non-hydrogen) atoms. The van der Waals surface area contributed by atoms with Crippen LogP contribution in [0.5, 0.6) is 0 Å². The monoisotopic (exact) mass is 406 g/mol. The Morgan fingerprint density at radius 1 is 1.17 bits per heavy atom. The van der Waals surface area contributed by atoms with E-state index in [0.29, 0.717) is 24.6 Å². The molecule has 152 valence electrons. The molecule has 0 saturated carbocycles. The number of aliphatic imine (C=N–C) groups is 1. The van der Waals surface area contributed by atoms with Gasteiger partial charge in [-0.15, -0.1) is 11.8 Å². The molecule has 0 atom stereocenters. The van der Waals surface area contributed by atoms with Crippen LogP contribution in [0.25, 0.3) is 5.70 Å². The number of carbonyl (C=O) groups is 1. The summed E-state index contributed by atoms with van der Waals surface area (Å²) in [4.78, 5) is 21.3. The van der Waals surface area contributed by atoms with Gasteiger partial charge in [-0.1, -0.05) is 75.4 Å². The van der Waals surface area contributed by atoms with Gasteiger partial charge in [-0.2, -0.15) is 0 Å². The predicted molar refractivity (Wildman–Crippen MR) is 126 cm³/mol. The van der Waals surface area contributed by atoms with E-state index in [9.17, 15) is 4.79 Å². The van der Waals surface area contributed by atoms with E-state index in [1.807, 2.05) is 35.3 Å². The average molecular weight is 407 g/mol. The van der Waals surface area contributed by atoms with Crippen molar-refractivity contribution in [2.45, 2.75) is 39.0 Å². The third-order valence-corrected chi connectivity index (χ3v) is 6.56. The number of benzene rings is 1. The van der Waals surface area contributed by atoms with Gasteiger partial charge >= 0.3 is 0 Å². The summed E-state index contributed by atoms with van der Waals surface area (Å²) in [6, 6.07) is 10.3. The minimum Gasteiger partial charge on any atom is -0.333 e. The van der Waals surface area contributed by atoms with E-state index < -0.39 is 0 Å². The molecule has 4 heteroatoms. The highest BCUT2D eigenvalue weighted by molar-refractivity contribution is 8.04. The van der Waals surface area contributed by atoms with Crippen molar-refractivity contribution in [3.63, 3.8) is 0 Å². The van der Waals surface area contributed by atoms with E-state index in [0.717, 1.165) is 36.1 Å². The van der Waals surface area contributed by atoms with Crippen LogP contribution in [0.3, 0.4) is 0 Å². The molecule has 0 N–H and O–H groups in total. The molecule has 0 spiro atoms. The first-order valence-electron chi connectivity index (χ1n) is 10.4. The van der Waals surface area contributed by atoms with Gasteiger partial charge < -0.3 is 4.90 Å². The highest BCUT2D eigenvalue weighted by Crippen LogP contribution is 2.36. The topological polar surface area (TPSA) is 32.7 Å². The molecule has 1 amide bonds. The third kappa shape index (κ3) is 5.18. The number of hydrogen-bond acceptors (Lipinski definition) is 3. The number of unbranched alkanes of at least 4 members (excludes halogenated alkanes) is 2. The minimum atomic E-state index is 0.0426. The van der Waals surface area contributed by atoms with E-state index in [2.05, 4.69) is 32.2 Å². The second kappa shape index (κ2) is 10.4. The molecule has 2 aliphatic heterocycles. The number of allylic oxidation sites excluding steroid dienone is 2. The molecule has 0 saturated heterocycles. The summed E-state index contributed by atoms with van der Waals surface area (Å²) in [5, 5.41) is 0. The van der Waals surface area contributed by atoms with E-state index in [-0.39, 0.29) is 5.91 Å². The number of amides is 1. The van der Waals surface area contributed by atoms with Gasteiger partial charge in [0.25, 0.3) is 5.91 Å². The predicted octanol–water partition coefficient (Wildman–Crippen LogP) is 6.02. The molecule has 0 bridgehead atoms. The maximum Gasteiger partial charge on any atom is 0.269 e. The Morgan fingerprint density at radius 2 is 1.93 bits per heavy atom. The zero-order chi connectivity index (χ0) is 20.6. The van der Waals surface area contributed by atoms with Gasteiger partial charge in [0.05, 0.1) is 5.70 Å². The minimum absolute atomic E-state index is 0.0426. The molecule has 3 rings (SSSR count). The second-order valence-electron chi connectivity index (χ2n) is 7.38. The van der Waals surface area contributed by atoms with Crippen LogP contribution in [-0.2, 0) is 4.79 Å². The summed E-state index contributed by atoms with van der Waals surface area (Å²) < 4.78 is 0. The Morgan fingerprint density at radius 3 is 2.62 bits per heavy atom. The van der Waals surface area contributed by atoms with E-state index >= 15 is 0 Å².